The maximum absolute atomic E-state index is 10.8. The number of hydrogen-bond donors (Lipinski definition) is 2. The van der Waals surface area contributed by atoms with Crippen molar-refractivity contribution in [2.24, 2.45) is 0 Å². The molecule has 1 saturated heterocycles. The minimum atomic E-state index is -0.798. The molecule has 0 saturated carbocycles. The fourth-order valence-electron chi connectivity index (χ4n) is 3.37. The maximum Gasteiger partial charge on any atom is 0.134 e. The number of benzene rings is 2. The van der Waals surface area contributed by atoms with Crippen LogP contribution in [-0.4, -0.2) is 41.4 Å². The molecule has 2 heterocycles. The Bertz CT molecular complexity index is 853. The van der Waals surface area contributed by atoms with E-state index in [2.05, 4.69) is 4.90 Å². The molecule has 0 bridgehead atoms. The van der Waals surface area contributed by atoms with Crippen LogP contribution < -0.4 is 0 Å². The molecule has 3 aromatic rings. The molecule has 2 N–H and O–H groups in total. The Hall–Kier alpha value is -2.34. The minimum absolute atomic E-state index is 0.224. The van der Waals surface area contributed by atoms with Gasteiger partial charge in [-0.3, -0.25) is 4.90 Å². The van der Waals surface area contributed by atoms with Gasteiger partial charge in [0, 0.05) is 36.1 Å². The molecule has 0 spiro atoms. The van der Waals surface area contributed by atoms with E-state index in [9.17, 15) is 10.2 Å². The third-order valence-corrected chi connectivity index (χ3v) is 4.75. The average molecular weight is 339 g/mol. The Labute approximate surface area is 146 Å². The Balaban J connectivity index is 1.76. The zero-order valence-electron chi connectivity index (χ0n) is 13.9. The van der Waals surface area contributed by atoms with Crippen molar-refractivity contribution in [1.29, 1.82) is 0 Å². The van der Waals surface area contributed by atoms with Gasteiger partial charge in [-0.2, -0.15) is 0 Å². The van der Waals surface area contributed by atoms with Crippen molar-refractivity contribution in [2.75, 3.05) is 26.3 Å². The van der Waals surface area contributed by atoms with Crippen LogP contribution in [0.4, 0.5) is 0 Å². The number of fused-ring (bicyclic) bond motifs is 1. The normalized spacial score (nSPS) is 17.0. The first kappa shape index (κ1) is 16.1. The second-order valence-corrected chi connectivity index (χ2v) is 6.33. The fraction of sp³-hybridized carbons (Fsp3) is 0.300. The lowest BCUT2D eigenvalue weighted by atomic mass is 9.97. The summed E-state index contributed by atoms with van der Waals surface area (Å²) in [4.78, 5) is 2.24. The number of hydrogen-bond acceptors (Lipinski definition) is 5. The zero-order chi connectivity index (χ0) is 17.2. The highest BCUT2D eigenvalue weighted by molar-refractivity contribution is 5.87. The molecular weight excluding hydrogens is 318 g/mol. The molecule has 1 aliphatic heterocycles. The third-order valence-electron chi connectivity index (χ3n) is 4.75. The molecule has 130 valence electrons. The Kier molecular flexibility index (Phi) is 4.44. The van der Waals surface area contributed by atoms with Crippen molar-refractivity contribution >= 4 is 11.0 Å². The molecule has 0 aliphatic carbocycles. The van der Waals surface area contributed by atoms with E-state index in [0.717, 1.165) is 29.6 Å². The summed E-state index contributed by atoms with van der Waals surface area (Å²) in [6.07, 6.45) is 0.789. The molecular formula is C20H21NO4. The monoisotopic (exact) mass is 339 g/mol. The second kappa shape index (κ2) is 6.88. The van der Waals surface area contributed by atoms with Gasteiger partial charge >= 0.3 is 0 Å². The Morgan fingerprint density at radius 3 is 2.56 bits per heavy atom. The molecule has 1 unspecified atom stereocenters. The van der Waals surface area contributed by atoms with E-state index in [1.807, 2.05) is 30.3 Å². The largest absolute Gasteiger partial charge is 0.508 e. The average Bonchev–Trinajstić information content (AvgIpc) is 3.09. The standard InChI is InChI=1S/C20H21NO4/c22-17-6-7-18-19(15(17)12-21-8-10-24-11-9-21)16(13-25-18)20(23)14-4-2-1-3-5-14/h1-7,13,20,22-23H,8-12H2. The summed E-state index contributed by atoms with van der Waals surface area (Å²) in [7, 11) is 0. The van der Waals surface area contributed by atoms with Gasteiger partial charge in [0.15, 0.2) is 0 Å². The number of phenolic OH excluding ortho intramolecular Hbond substituents is 1. The van der Waals surface area contributed by atoms with E-state index in [1.165, 1.54) is 0 Å². The molecule has 0 amide bonds. The summed E-state index contributed by atoms with van der Waals surface area (Å²) < 4.78 is 11.1. The topological polar surface area (TPSA) is 66.1 Å². The summed E-state index contributed by atoms with van der Waals surface area (Å²) in [5.41, 5.74) is 2.94. The van der Waals surface area contributed by atoms with Crippen molar-refractivity contribution < 1.29 is 19.4 Å². The number of furan rings is 1. The van der Waals surface area contributed by atoms with E-state index in [4.69, 9.17) is 9.15 Å². The third kappa shape index (κ3) is 3.14. The number of aliphatic hydroxyl groups excluding tert-OH is 1. The van der Waals surface area contributed by atoms with Crippen LogP contribution in [0.1, 0.15) is 22.8 Å². The number of nitrogens with zero attached hydrogens (tertiary/aromatic N) is 1. The molecule has 5 nitrogen and oxygen atoms in total. The molecule has 2 aromatic carbocycles. The van der Waals surface area contributed by atoms with Gasteiger partial charge in [0.2, 0.25) is 0 Å². The van der Waals surface area contributed by atoms with E-state index in [-0.39, 0.29) is 5.75 Å². The SMILES string of the molecule is Oc1ccc2occ(C(O)c3ccccc3)c2c1CN1CCOCC1. The highest BCUT2D eigenvalue weighted by atomic mass is 16.5. The van der Waals surface area contributed by atoms with Crippen molar-refractivity contribution in [3.63, 3.8) is 0 Å². The first-order chi connectivity index (χ1) is 12.2. The molecule has 1 aromatic heterocycles. The number of aromatic hydroxyl groups is 1. The lowest BCUT2D eigenvalue weighted by Crippen LogP contribution is -2.35. The van der Waals surface area contributed by atoms with Crippen LogP contribution in [0.2, 0.25) is 0 Å². The van der Waals surface area contributed by atoms with Gasteiger partial charge in [-0.1, -0.05) is 30.3 Å². The molecule has 1 atom stereocenters. The smallest absolute Gasteiger partial charge is 0.134 e. The van der Waals surface area contributed by atoms with Crippen molar-refractivity contribution in [3.8, 4) is 5.75 Å². The molecule has 25 heavy (non-hydrogen) atoms. The van der Waals surface area contributed by atoms with Gasteiger partial charge in [-0.15, -0.1) is 0 Å². The number of phenols is 1. The Morgan fingerprint density at radius 1 is 1.04 bits per heavy atom. The van der Waals surface area contributed by atoms with Crippen molar-refractivity contribution in [2.45, 2.75) is 12.6 Å². The molecule has 5 heteroatoms. The van der Waals surface area contributed by atoms with Gasteiger partial charge in [0.1, 0.15) is 17.4 Å². The van der Waals surface area contributed by atoms with Crippen LogP contribution in [-0.2, 0) is 11.3 Å². The predicted octanol–water partition coefficient (Wildman–Crippen LogP) is 3.05. The first-order valence-corrected chi connectivity index (χ1v) is 8.49. The van der Waals surface area contributed by atoms with Crippen LogP contribution in [0.15, 0.2) is 53.1 Å². The van der Waals surface area contributed by atoms with E-state index >= 15 is 0 Å². The lowest BCUT2D eigenvalue weighted by Gasteiger charge is -2.27. The van der Waals surface area contributed by atoms with Crippen LogP contribution in [0.3, 0.4) is 0 Å². The molecule has 4 rings (SSSR count). The minimum Gasteiger partial charge on any atom is -0.508 e. The zero-order valence-corrected chi connectivity index (χ0v) is 13.9. The maximum atomic E-state index is 10.8. The van der Waals surface area contributed by atoms with Gasteiger partial charge < -0.3 is 19.4 Å². The van der Waals surface area contributed by atoms with Gasteiger partial charge in [-0.05, 0) is 17.7 Å². The van der Waals surface area contributed by atoms with Gasteiger partial charge in [0.05, 0.1) is 19.5 Å². The highest BCUT2D eigenvalue weighted by Gasteiger charge is 2.22. The van der Waals surface area contributed by atoms with Gasteiger partial charge in [0.25, 0.3) is 0 Å². The number of rotatable bonds is 4. The first-order valence-electron chi connectivity index (χ1n) is 8.49. The van der Waals surface area contributed by atoms with Gasteiger partial charge in [-0.25, -0.2) is 0 Å². The van der Waals surface area contributed by atoms with Crippen molar-refractivity contribution in [1.82, 2.24) is 4.90 Å². The summed E-state index contributed by atoms with van der Waals surface area (Å²) in [5, 5.41) is 22.1. The van der Waals surface area contributed by atoms with Crippen molar-refractivity contribution in [3.05, 3.63) is 65.4 Å². The highest BCUT2D eigenvalue weighted by Crippen LogP contribution is 2.37. The number of morpholine rings is 1. The number of aliphatic hydroxyl groups is 1. The van der Waals surface area contributed by atoms with E-state index in [1.54, 1.807) is 18.4 Å². The fourth-order valence-corrected chi connectivity index (χ4v) is 3.37. The summed E-state index contributed by atoms with van der Waals surface area (Å²) in [6, 6.07) is 12.9. The predicted molar refractivity (Wildman–Crippen MR) is 94.5 cm³/mol. The number of ether oxygens (including phenoxy) is 1. The molecule has 1 aliphatic rings. The summed E-state index contributed by atoms with van der Waals surface area (Å²) in [6.45, 7) is 3.64. The second-order valence-electron chi connectivity index (χ2n) is 6.33. The van der Waals surface area contributed by atoms with Crippen LogP contribution in [0.25, 0.3) is 11.0 Å². The summed E-state index contributed by atoms with van der Waals surface area (Å²) in [5.74, 6) is 0.224. The summed E-state index contributed by atoms with van der Waals surface area (Å²) >= 11 is 0. The van der Waals surface area contributed by atoms with E-state index in [0.29, 0.717) is 30.9 Å². The van der Waals surface area contributed by atoms with Crippen LogP contribution in [0, 0.1) is 0 Å². The van der Waals surface area contributed by atoms with Crippen LogP contribution in [0.5, 0.6) is 5.75 Å². The lowest BCUT2D eigenvalue weighted by molar-refractivity contribution is 0.0340. The molecule has 1 fully saturated rings. The quantitative estimate of drug-likeness (QED) is 0.765. The molecule has 0 radical (unpaired) electrons. The van der Waals surface area contributed by atoms with E-state index < -0.39 is 6.10 Å². The van der Waals surface area contributed by atoms with Crippen LogP contribution >= 0.6 is 0 Å². The Morgan fingerprint density at radius 2 is 1.80 bits per heavy atom.